The van der Waals surface area contributed by atoms with Gasteiger partial charge in [0.1, 0.15) is 5.75 Å². The fraction of sp³-hybridized carbons (Fsp3) is 0.600. The van der Waals surface area contributed by atoms with Crippen molar-refractivity contribution in [1.82, 2.24) is 10.2 Å². The van der Waals surface area contributed by atoms with Crippen LogP contribution >= 0.6 is 15.9 Å². The number of ether oxygens (including phenoxy) is 1. The number of benzene rings is 1. The summed E-state index contributed by atoms with van der Waals surface area (Å²) in [6, 6.07) is 5.06. The number of nitrogens with one attached hydrogen (secondary N) is 1. The standard InChI is InChI=1S/C15H21BrN2O/c1-2-17-14-3-5-18(10-14)9-12-8-13(16)7-11-4-6-19-15(11)12/h7-8,14,17H,2-6,9-10H2,1H3. The van der Waals surface area contributed by atoms with E-state index in [1.165, 1.54) is 28.6 Å². The molecule has 0 aliphatic carbocycles. The number of hydrogen-bond acceptors (Lipinski definition) is 3. The van der Waals surface area contributed by atoms with Crippen molar-refractivity contribution in [3.8, 4) is 5.75 Å². The Bertz CT molecular complexity index is 464. The van der Waals surface area contributed by atoms with Crippen LogP contribution in [0, 0.1) is 0 Å². The predicted molar refractivity (Wildman–Crippen MR) is 80.7 cm³/mol. The minimum atomic E-state index is 0.658. The lowest BCUT2D eigenvalue weighted by atomic mass is 10.1. The van der Waals surface area contributed by atoms with E-state index in [4.69, 9.17) is 4.74 Å². The van der Waals surface area contributed by atoms with Gasteiger partial charge in [0.2, 0.25) is 0 Å². The van der Waals surface area contributed by atoms with Gasteiger partial charge in [0, 0.05) is 42.1 Å². The summed E-state index contributed by atoms with van der Waals surface area (Å²) in [6.07, 6.45) is 2.30. The normalized spacial score (nSPS) is 22.5. The molecule has 1 saturated heterocycles. The predicted octanol–water partition coefficient (Wildman–Crippen LogP) is 2.57. The van der Waals surface area contributed by atoms with Crippen molar-refractivity contribution in [3.63, 3.8) is 0 Å². The molecule has 2 aliphatic heterocycles. The van der Waals surface area contributed by atoms with Crippen molar-refractivity contribution in [2.24, 2.45) is 0 Å². The topological polar surface area (TPSA) is 24.5 Å². The first kappa shape index (κ1) is 13.4. The summed E-state index contributed by atoms with van der Waals surface area (Å²) < 4.78 is 6.98. The molecule has 1 fully saturated rings. The van der Waals surface area contributed by atoms with Crippen LogP contribution in [0.3, 0.4) is 0 Å². The molecule has 0 aromatic heterocycles. The van der Waals surface area contributed by atoms with Crippen LogP contribution in [0.2, 0.25) is 0 Å². The van der Waals surface area contributed by atoms with Crippen molar-refractivity contribution >= 4 is 15.9 Å². The average Bonchev–Trinajstić information content (AvgIpc) is 2.98. The zero-order valence-electron chi connectivity index (χ0n) is 11.4. The molecule has 1 unspecified atom stereocenters. The van der Waals surface area contributed by atoms with E-state index in [-0.39, 0.29) is 0 Å². The number of rotatable bonds is 4. The summed E-state index contributed by atoms with van der Waals surface area (Å²) in [7, 11) is 0. The largest absolute Gasteiger partial charge is 0.493 e. The molecule has 3 nitrogen and oxygen atoms in total. The molecular weight excluding hydrogens is 304 g/mol. The van der Waals surface area contributed by atoms with Crippen molar-refractivity contribution in [3.05, 3.63) is 27.7 Å². The number of nitrogens with zero attached hydrogens (tertiary/aromatic N) is 1. The maximum absolute atomic E-state index is 5.81. The van der Waals surface area contributed by atoms with E-state index in [9.17, 15) is 0 Å². The minimum absolute atomic E-state index is 0.658. The molecule has 0 amide bonds. The Hall–Kier alpha value is -0.580. The van der Waals surface area contributed by atoms with E-state index in [0.717, 1.165) is 38.4 Å². The molecule has 1 aromatic rings. The van der Waals surface area contributed by atoms with Crippen LogP contribution in [-0.2, 0) is 13.0 Å². The van der Waals surface area contributed by atoms with Gasteiger partial charge in [0.05, 0.1) is 6.61 Å². The van der Waals surface area contributed by atoms with Gasteiger partial charge < -0.3 is 10.1 Å². The van der Waals surface area contributed by atoms with E-state index in [1.54, 1.807) is 0 Å². The quantitative estimate of drug-likeness (QED) is 0.921. The molecule has 3 rings (SSSR count). The van der Waals surface area contributed by atoms with Crippen LogP contribution in [-0.4, -0.2) is 37.2 Å². The van der Waals surface area contributed by atoms with Crippen molar-refractivity contribution in [1.29, 1.82) is 0 Å². The lowest BCUT2D eigenvalue weighted by Crippen LogP contribution is -2.32. The van der Waals surface area contributed by atoms with Gasteiger partial charge in [-0.25, -0.2) is 0 Å². The van der Waals surface area contributed by atoms with Crippen LogP contribution in [0.5, 0.6) is 5.75 Å². The zero-order valence-corrected chi connectivity index (χ0v) is 13.0. The number of likely N-dealkylation sites (N-methyl/N-ethyl adjacent to an activating group) is 1. The lowest BCUT2D eigenvalue weighted by Gasteiger charge is -2.18. The van der Waals surface area contributed by atoms with Gasteiger partial charge in [0.25, 0.3) is 0 Å². The summed E-state index contributed by atoms with van der Waals surface area (Å²) in [5.74, 6) is 1.13. The first-order valence-electron chi connectivity index (χ1n) is 7.16. The lowest BCUT2D eigenvalue weighted by molar-refractivity contribution is 0.306. The Balaban J connectivity index is 1.71. The van der Waals surface area contributed by atoms with Crippen LogP contribution in [0.15, 0.2) is 16.6 Å². The average molecular weight is 325 g/mol. The fourth-order valence-corrected chi connectivity index (χ4v) is 3.69. The van der Waals surface area contributed by atoms with E-state index in [2.05, 4.69) is 45.2 Å². The van der Waals surface area contributed by atoms with Gasteiger partial charge in [0.15, 0.2) is 0 Å². The third-order valence-corrected chi connectivity index (χ3v) is 4.44. The van der Waals surface area contributed by atoms with Gasteiger partial charge in [-0.3, -0.25) is 4.90 Å². The molecule has 2 heterocycles. The Morgan fingerprint density at radius 3 is 3.21 bits per heavy atom. The maximum atomic E-state index is 5.81. The summed E-state index contributed by atoms with van der Waals surface area (Å²) in [6.45, 7) is 7.40. The van der Waals surface area contributed by atoms with E-state index in [0.29, 0.717) is 6.04 Å². The molecular formula is C15H21BrN2O. The van der Waals surface area contributed by atoms with Gasteiger partial charge in [-0.1, -0.05) is 22.9 Å². The highest BCUT2D eigenvalue weighted by molar-refractivity contribution is 9.10. The van der Waals surface area contributed by atoms with Crippen LogP contribution in [0.25, 0.3) is 0 Å². The maximum Gasteiger partial charge on any atom is 0.127 e. The van der Waals surface area contributed by atoms with E-state index < -0.39 is 0 Å². The Kier molecular flexibility index (Phi) is 4.10. The van der Waals surface area contributed by atoms with Gasteiger partial charge in [-0.2, -0.15) is 0 Å². The molecule has 2 aliphatic rings. The number of fused-ring (bicyclic) bond motifs is 1. The van der Waals surface area contributed by atoms with Crippen molar-refractivity contribution < 1.29 is 4.74 Å². The van der Waals surface area contributed by atoms with E-state index >= 15 is 0 Å². The van der Waals surface area contributed by atoms with Gasteiger partial charge in [-0.15, -0.1) is 0 Å². The molecule has 4 heteroatoms. The summed E-state index contributed by atoms with van der Waals surface area (Å²) in [4.78, 5) is 2.52. The monoisotopic (exact) mass is 324 g/mol. The molecule has 0 bridgehead atoms. The molecule has 104 valence electrons. The van der Waals surface area contributed by atoms with E-state index in [1.807, 2.05) is 0 Å². The summed E-state index contributed by atoms with van der Waals surface area (Å²) in [5.41, 5.74) is 2.69. The molecule has 1 aromatic carbocycles. The molecule has 1 N–H and O–H groups in total. The molecule has 0 radical (unpaired) electrons. The molecule has 1 atom stereocenters. The van der Waals surface area contributed by atoms with Gasteiger partial charge >= 0.3 is 0 Å². The second-order valence-corrected chi connectivity index (χ2v) is 6.35. The second kappa shape index (κ2) is 5.81. The highest BCUT2D eigenvalue weighted by atomic mass is 79.9. The second-order valence-electron chi connectivity index (χ2n) is 5.43. The first-order chi connectivity index (χ1) is 9.26. The third kappa shape index (κ3) is 2.96. The molecule has 0 saturated carbocycles. The number of halogens is 1. The molecule has 19 heavy (non-hydrogen) atoms. The number of hydrogen-bond donors (Lipinski definition) is 1. The van der Waals surface area contributed by atoms with Crippen LogP contribution in [0.1, 0.15) is 24.5 Å². The Morgan fingerprint density at radius 1 is 1.47 bits per heavy atom. The molecule has 0 spiro atoms. The van der Waals surface area contributed by atoms with Crippen molar-refractivity contribution in [2.75, 3.05) is 26.2 Å². The van der Waals surface area contributed by atoms with Crippen LogP contribution < -0.4 is 10.1 Å². The summed E-state index contributed by atoms with van der Waals surface area (Å²) in [5, 5.41) is 3.54. The highest BCUT2D eigenvalue weighted by Gasteiger charge is 2.24. The zero-order chi connectivity index (χ0) is 13.2. The SMILES string of the molecule is CCNC1CCN(Cc2cc(Br)cc3c2OCC3)C1. The van der Waals surface area contributed by atoms with Crippen LogP contribution in [0.4, 0.5) is 0 Å². The van der Waals surface area contributed by atoms with Gasteiger partial charge in [-0.05, 0) is 30.7 Å². The highest BCUT2D eigenvalue weighted by Crippen LogP contribution is 2.34. The number of likely N-dealkylation sites (tertiary alicyclic amines) is 1. The fourth-order valence-electron chi connectivity index (χ4n) is 3.14. The summed E-state index contributed by atoms with van der Waals surface area (Å²) >= 11 is 3.62. The Morgan fingerprint density at radius 2 is 2.37 bits per heavy atom. The van der Waals surface area contributed by atoms with Crippen molar-refractivity contribution in [2.45, 2.75) is 32.4 Å². The third-order valence-electron chi connectivity index (χ3n) is 3.98. The first-order valence-corrected chi connectivity index (χ1v) is 7.95. The smallest absolute Gasteiger partial charge is 0.127 e. The minimum Gasteiger partial charge on any atom is -0.493 e. The Labute approximate surface area is 123 Å².